The molecule has 0 spiro atoms. The molecule has 4 aromatic carbocycles. The second-order valence-electron chi connectivity index (χ2n) is 11.1. The molecule has 0 aliphatic heterocycles. The molecule has 44 heavy (non-hydrogen) atoms. The van der Waals surface area contributed by atoms with Gasteiger partial charge >= 0.3 is 0 Å². The van der Waals surface area contributed by atoms with Crippen LogP contribution in [0.2, 0.25) is 0 Å². The van der Waals surface area contributed by atoms with Crippen molar-refractivity contribution in [1.82, 2.24) is 4.90 Å². The zero-order valence-electron chi connectivity index (χ0n) is 25.4. The number of nitrogens with zero attached hydrogens (tertiary/aromatic N) is 1. The summed E-state index contributed by atoms with van der Waals surface area (Å²) >= 11 is 0. The maximum absolute atomic E-state index is 14.4. The van der Waals surface area contributed by atoms with Gasteiger partial charge < -0.3 is 30.9 Å². The zero-order valence-corrected chi connectivity index (χ0v) is 25.4. The third-order valence-corrected chi connectivity index (χ3v) is 8.27. The predicted molar refractivity (Wildman–Crippen MR) is 171 cm³/mol. The third-order valence-electron chi connectivity index (χ3n) is 8.27. The summed E-state index contributed by atoms with van der Waals surface area (Å²) in [7, 11) is 3.30. The molecule has 0 aliphatic rings. The van der Waals surface area contributed by atoms with E-state index in [0.717, 1.165) is 16.8 Å². The van der Waals surface area contributed by atoms with E-state index in [1.165, 1.54) is 12.1 Å². The first-order valence-corrected chi connectivity index (χ1v) is 14.8. The minimum atomic E-state index is -0.899. The Hall–Kier alpha value is -4.24. The molecule has 232 valence electrons. The highest BCUT2D eigenvalue weighted by molar-refractivity contribution is 5.80. The molecule has 7 nitrogen and oxygen atoms in total. The number of methoxy groups -OCH3 is 1. The second kappa shape index (κ2) is 15.5. The summed E-state index contributed by atoms with van der Waals surface area (Å²) in [6, 6.07) is 29.2. The lowest BCUT2D eigenvalue weighted by Gasteiger charge is -2.36. The van der Waals surface area contributed by atoms with Crippen LogP contribution in [-0.4, -0.2) is 41.2 Å². The van der Waals surface area contributed by atoms with Gasteiger partial charge in [0, 0.05) is 19.3 Å². The second-order valence-corrected chi connectivity index (χ2v) is 11.1. The summed E-state index contributed by atoms with van der Waals surface area (Å²) in [6.07, 6.45) is -1.23. The fourth-order valence-corrected chi connectivity index (χ4v) is 5.37. The number of carbonyl (C=O) groups excluding carboxylic acids is 1. The Morgan fingerprint density at radius 3 is 2.07 bits per heavy atom. The van der Waals surface area contributed by atoms with Crippen LogP contribution in [-0.2, 0) is 11.3 Å². The smallest absolute Gasteiger partial charge is 0.228 e. The van der Waals surface area contributed by atoms with E-state index in [9.17, 15) is 19.4 Å². The van der Waals surface area contributed by atoms with Crippen molar-refractivity contribution in [1.29, 1.82) is 0 Å². The van der Waals surface area contributed by atoms with Gasteiger partial charge in [0.15, 0.2) is 0 Å². The summed E-state index contributed by atoms with van der Waals surface area (Å²) in [5, 5.41) is 25.8. The number of hydrogen-bond donors (Lipinski definition) is 4. The van der Waals surface area contributed by atoms with Gasteiger partial charge in [-0.1, -0.05) is 66.7 Å². The highest BCUT2D eigenvalue weighted by Crippen LogP contribution is 2.35. The van der Waals surface area contributed by atoms with Crippen LogP contribution in [0.1, 0.15) is 60.3 Å². The van der Waals surface area contributed by atoms with Crippen molar-refractivity contribution >= 4 is 11.6 Å². The van der Waals surface area contributed by atoms with Crippen molar-refractivity contribution in [3.8, 4) is 5.75 Å². The van der Waals surface area contributed by atoms with Crippen LogP contribution in [0.15, 0.2) is 103 Å². The average Bonchev–Trinajstić information content (AvgIpc) is 3.07. The first kappa shape index (κ1) is 32.7. The number of aliphatic hydroxyl groups excluding tert-OH is 2. The van der Waals surface area contributed by atoms with Crippen LogP contribution >= 0.6 is 0 Å². The van der Waals surface area contributed by atoms with Crippen molar-refractivity contribution in [3.05, 3.63) is 131 Å². The van der Waals surface area contributed by atoms with E-state index in [0.29, 0.717) is 29.8 Å². The van der Waals surface area contributed by atoms with Gasteiger partial charge in [-0.15, -0.1) is 0 Å². The van der Waals surface area contributed by atoms with E-state index in [4.69, 9.17) is 10.5 Å². The lowest BCUT2D eigenvalue weighted by atomic mass is 9.85. The molecule has 0 saturated heterocycles. The average molecular weight is 600 g/mol. The highest BCUT2D eigenvalue weighted by atomic mass is 19.1. The number of carbonyl (C=O) groups is 1. The lowest BCUT2D eigenvalue weighted by Crippen LogP contribution is -2.45. The number of benzene rings is 4. The first-order chi connectivity index (χ1) is 21.2. The number of halogens is 1. The molecule has 0 aliphatic carbocycles. The van der Waals surface area contributed by atoms with E-state index in [-0.39, 0.29) is 18.1 Å². The van der Waals surface area contributed by atoms with Crippen LogP contribution in [0.4, 0.5) is 10.1 Å². The summed E-state index contributed by atoms with van der Waals surface area (Å²) in [6.45, 7) is 2.23. The molecule has 4 rings (SSSR count). The zero-order chi connectivity index (χ0) is 31.6. The van der Waals surface area contributed by atoms with E-state index >= 15 is 0 Å². The molecule has 0 radical (unpaired) electrons. The number of nitrogens with two attached hydrogens (primary N) is 1. The lowest BCUT2D eigenvalue weighted by molar-refractivity contribution is -0.139. The maximum Gasteiger partial charge on any atom is 0.228 e. The quantitative estimate of drug-likeness (QED) is 0.138. The Kier molecular flexibility index (Phi) is 11.5. The minimum absolute atomic E-state index is 0.189. The fraction of sp³-hybridized carbons (Fsp3) is 0.306. The number of nitrogens with one attached hydrogen (secondary N) is 1. The van der Waals surface area contributed by atoms with Crippen molar-refractivity contribution in [2.75, 3.05) is 19.5 Å². The van der Waals surface area contributed by atoms with Crippen LogP contribution in [0, 0.1) is 11.7 Å². The molecule has 0 aromatic heterocycles. The summed E-state index contributed by atoms with van der Waals surface area (Å²) < 4.78 is 18.9. The van der Waals surface area contributed by atoms with Crippen LogP contribution in [0.3, 0.4) is 0 Å². The predicted octanol–water partition coefficient (Wildman–Crippen LogP) is 6.16. The van der Waals surface area contributed by atoms with Crippen LogP contribution < -0.4 is 15.8 Å². The third kappa shape index (κ3) is 8.23. The molecule has 5 N–H and O–H groups in total. The molecule has 0 fully saturated rings. The topological polar surface area (TPSA) is 108 Å². The van der Waals surface area contributed by atoms with E-state index in [1.54, 1.807) is 31.2 Å². The van der Waals surface area contributed by atoms with Gasteiger partial charge in [-0.05, 0) is 78.4 Å². The standard InChI is InChI=1S/C36H42FN3O4/c1-24(35(42)28-7-5-4-6-8-28)40(2)36(43)32(21-22-33(41)26-11-15-29(37)16-12-26)34(27-13-19-31(44-3)20-14-27)39-30-17-9-25(23-38)10-18-30/h4-20,24,32-35,39,41-42H,21-23,38H2,1-3H3/t24-,32+,33-,34?,35+/m0/s1. The number of ether oxygens (including phenoxy) is 1. The molecule has 0 bridgehead atoms. The number of aliphatic hydroxyl groups is 2. The Morgan fingerprint density at radius 1 is 0.864 bits per heavy atom. The monoisotopic (exact) mass is 599 g/mol. The number of hydrogen-bond acceptors (Lipinski definition) is 6. The Labute approximate surface area is 259 Å². The van der Waals surface area contributed by atoms with E-state index in [2.05, 4.69) is 5.32 Å². The maximum atomic E-state index is 14.4. The normalized spacial score (nSPS) is 14.6. The van der Waals surface area contributed by atoms with Crippen LogP contribution in [0.5, 0.6) is 5.75 Å². The first-order valence-electron chi connectivity index (χ1n) is 14.8. The molecule has 1 unspecified atom stereocenters. The Balaban J connectivity index is 1.70. The molecular weight excluding hydrogens is 557 g/mol. The van der Waals surface area contributed by atoms with Crippen molar-refractivity contribution in [2.24, 2.45) is 11.7 Å². The molecule has 5 atom stereocenters. The van der Waals surface area contributed by atoms with Gasteiger partial charge in [0.25, 0.3) is 0 Å². The number of anilines is 1. The minimum Gasteiger partial charge on any atom is -0.497 e. The van der Waals surface area contributed by atoms with Gasteiger partial charge in [0.2, 0.25) is 5.91 Å². The summed E-state index contributed by atoms with van der Waals surface area (Å²) in [5.41, 5.74) is 9.74. The van der Waals surface area contributed by atoms with Gasteiger partial charge in [-0.3, -0.25) is 4.79 Å². The summed E-state index contributed by atoms with van der Waals surface area (Å²) in [4.78, 5) is 16.0. The van der Waals surface area contributed by atoms with E-state index in [1.807, 2.05) is 85.8 Å². The molecular formula is C36H42FN3O4. The largest absolute Gasteiger partial charge is 0.497 e. The molecule has 4 aromatic rings. The molecule has 0 saturated carbocycles. The van der Waals surface area contributed by atoms with Gasteiger partial charge in [-0.25, -0.2) is 4.39 Å². The molecule has 8 heteroatoms. The van der Waals surface area contributed by atoms with E-state index < -0.39 is 30.2 Å². The SMILES string of the molecule is COc1ccc(C(Nc2ccc(CN)cc2)[C@@H](CC[C@H](O)c2ccc(F)cc2)C(=O)N(C)[C@@H](C)[C@@H](O)c2ccccc2)cc1. The Bertz CT molecular complexity index is 1450. The highest BCUT2D eigenvalue weighted by Gasteiger charge is 2.35. The van der Waals surface area contributed by atoms with Gasteiger partial charge in [0.05, 0.1) is 37.3 Å². The fourth-order valence-electron chi connectivity index (χ4n) is 5.37. The molecule has 0 heterocycles. The van der Waals surface area contributed by atoms with Crippen LogP contribution in [0.25, 0.3) is 0 Å². The van der Waals surface area contributed by atoms with Crippen molar-refractivity contribution in [2.45, 2.75) is 50.6 Å². The van der Waals surface area contributed by atoms with Gasteiger partial charge in [-0.2, -0.15) is 0 Å². The number of likely N-dealkylation sites (N-methyl/N-ethyl adjacent to an activating group) is 1. The van der Waals surface area contributed by atoms with Gasteiger partial charge in [0.1, 0.15) is 11.6 Å². The molecule has 1 amide bonds. The van der Waals surface area contributed by atoms with Crippen molar-refractivity contribution < 1.29 is 24.1 Å². The van der Waals surface area contributed by atoms with Crippen molar-refractivity contribution in [3.63, 3.8) is 0 Å². The number of amides is 1. The Morgan fingerprint density at radius 2 is 1.48 bits per heavy atom. The summed E-state index contributed by atoms with van der Waals surface area (Å²) in [5.74, 6) is -0.536. The number of rotatable bonds is 14.